The van der Waals surface area contributed by atoms with Crippen molar-refractivity contribution in [2.75, 3.05) is 26.1 Å². The van der Waals surface area contributed by atoms with Gasteiger partial charge in [-0.25, -0.2) is 4.79 Å². The summed E-state index contributed by atoms with van der Waals surface area (Å²) in [6.45, 7) is 0.717. The minimum absolute atomic E-state index is 0.195. The lowest BCUT2D eigenvalue weighted by Crippen LogP contribution is -2.30. The van der Waals surface area contributed by atoms with E-state index in [2.05, 4.69) is 10.6 Å². The third-order valence-corrected chi connectivity index (χ3v) is 4.22. The van der Waals surface area contributed by atoms with Crippen LogP contribution < -0.4 is 20.1 Å². The van der Waals surface area contributed by atoms with E-state index in [0.717, 1.165) is 18.9 Å². The summed E-state index contributed by atoms with van der Waals surface area (Å²) >= 11 is 0. The average molecular weight is 306 g/mol. The van der Waals surface area contributed by atoms with Crippen LogP contribution in [0.5, 0.6) is 11.5 Å². The topological polar surface area (TPSA) is 59.6 Å². The number of rotatable bonds is 6. The first-order valence-electron chi connectivity index (χ1n) is 8.00. The maximum atomic E-state index is 12.0. The number of carbonyl (C=O) groups excluding carboxylic acids is 1. The number of methoxy groups -OCH3 is 2. The van der Waals surface area contributed by atoms with E-state index in [1.807, 2.05) is 0 Å². The van der Waals surface area contributed by atoms with Crippen molar-refractivity contribution in [3.05, 3.63) is 18.2 Å². The van der Waals surface area contributed by atoms with Crippen LogP contribution in [-0.4, -0.2) is 26.8 Å². The van der Waals surface area contributed by atoms with E-state index in [1.54, 1.807) is 32.4 Å². The van der Waals surface area contributed by atoms with Gasteiger partial charge >= 0.3 is 6.03 Å². The van der Waals surface area contributed by atoms with E-state index in [-0.39, 0.29) is 6.03 Å². The van der Waals surface area contributed by atoms with Crippen LogP contribution in [0.1, 0.15) is 38.5 Å². The highest BCUT2D eigenvalue weighted by molar-refractivity contribution is 5.91. The molecule has 1 aromatic carbocycles. The van der Waals surface area contributed by atoms with Crippen molar-refractivity contribution in [3.63, 3.8) is 0 Å². The lowest BCUT2D eigenvalue weighted by Gasteiger charge is -2.21. The molecular formula is C17H26N2O3. The van der Waals surface area contributed by atoms with Crippen molar-refractivity contribution < 1.29 is 14.3 Å². The molecule has 0 atom stereocenters. The molecule has 1 saturated carbocycles. The van der Waals surface area contributed by atoms with Crippen LogP contribution in [-0.2, 0) is 0 Å². The number of urea groups is 1. The number of hydrogen-bond donors (Lipinski definition) is 2. The van der Waals surface area contributed by atoms with Crippen molar-refractivity contribution in [1.82, 2.24) is 5.32 Å². The van der Waals surface area contributed by atoms with Crippen LogP contribution in [0.25, 0.3) is 0 Å². The van der Waals surface area contributed by atoms with E-state index in [9.17, 15) is 4.79 Å². The van der Waals surface area contributed by atoms with Crippen molar-refractivity contribution in [3.8, 4) is 11.5 Å². The number of carbonyl (C=O) groups is 1. The van der Waals surface area contributed by atoms with Crippen LogP contribution in [0.4, 0.5) is 10.5 Å². The summed E-state index contributed by atoms with van der Waals surface area (Å²) in [5.41, 5.74) is 0.637. The zero-order valence-electron chi connectivity index (χ0n) is 13.5. The monoisotopic (exact) mass is 306 g/mol. The molecule has 0 unspecified atom stereocenters. The number of amides is 2. The predicted octanol–water partition coefficient (Wildman–Crippen LogP) is 3.80. The van der Waals surface area contributed by atoms with E-state index in [0.29, 0.717) is 17.2 Å². The Kier molecular flexibility index (Phi) is 6.37. The van der Waals surface area contributed by atoms with Gasteiger partial charge in [-0.15, -0.1) is 0 Å². The first kappa shape index (κ1) is 16.5. The molecule has 1 aliphatic rings. The Bertz CT molecular complexity index is 485. The second-order valence-corrected chi connectivity index (χ2v) is 5.74. The Balaban J connectivity index is 1.78. The lowest BCUT2D eigenvalue weighted by molar-refractivity contribution is 0.250. The normalized spacial score (nSPS) is 15.2. The quantitative estimate of drug-likeness (QED) is 0.840. The number of benzene rings is 1. The van der Waals surface area contributed by atoms with E-state index in [4.69, 9.17) is 9.47 Å². The van der Waals surface area contributed by atoms with Gasteiger partial charge in [0.2, 0.25) is 0 Å². The van der Waals surface area contributed by atoms with Gasteiger partial charge in [0.1, 0.15) is 11.5 Å². The Morgan fingerprint density at radius 3 is 2.64 bits per heavy atom. The molecule has 22 heavy (non-hydrogen) atoms. The van der Waals surface area contributed by atoms with E-state index >= 15 is 0 Å². The molecule has 2 amide bonds. The van der Waals surface area contributed by atoms with Crippen molar-refractivity contribution in [2.45, 2.75) is 38.5 Å². The van der Waals surface area contributed by atoms with Gasteiger partial charge in [0.25, 0.3) is 0 Å². The van der Waals surface area contributed by atoms with Crippen LogP contribution in [0.3, 0.4) is 0 Å². The maximum absolute atomic E-state index is 12.0. The lowest BCUT2D eigenvalue weighted by atomic mass is 9.87. The molecule has 122 valence electrons. The SMILES string of the molecule is COc1ccc(NC(=O)NCCC2CCCCC2)c(OC)c1. The summed E-state index contributed by atoms with van der Waals surface area (Å²) in [5, 5.41) is 5.74. The highest BCUT2D eigenvalue weighted by Gasteiger charge is 2.14. The molecule has 1 aromatic rings. The molecule has 2 rings (SSSR count). The van der Waals surface area contributed by atoms with Crippen molar-refractivity contribution >= 4 is 11.7 Å². The Labute approximate surface area is 132 Å². The number of ether oxygens (including phenoxy) is 2. The van der Waals surface area contributed by atoms with E-state index in [1.165, 1.54) is 32.1 Å². The zero-order valence-corrected chi connectivity index (χ0v) is 13.5. The Morgan fingerprint density at radius 1 is 1.18 bits per heavy atom. The minimum Gasteiger partial charge on any atom is -0.497 e. The van der Waals surface area contributed by atoms with Gasteiger partial charge < -0.3 is 20.1 Å². The fraction of sp³-hybridized carbons (Fsp3) is 0.588. The molecule has 1 fully saturated rings. The zero-order chi connectivity index (χ0) is 15.8. The van der Waals surface area contributed by atoms with Crippen LogP contribution >= 0.6 is 0 Å². The number of nitrogens with one attached hydrogen (secondary N) is 2. The smallest absolute Gasteiger partial charge is 0.319 e. The molecule has 0 saturated heterocycles. The fourth-order valence-electron chi connectivity index (χ4n) is 2.93. The van der Waals surface area contributed by atoms with Crippen molar-refractivity contribution in [1.29, 1.82) is 0 Å². The third-order valence-electron chi connectivity index (χ3n) is 4.22. The van der Waals surface area contributed by atoms with Gasteiger partial charge in [0, 0.05) is 12.6 Å². The Morgan fingerprint density at radius 2 is 1.95 bits per heavy atom. The summed E-state index contributed by atoms with van der Waals surface area (Å²) in [4.78, 5) is 12.0. The van der Waals surface area contributed by atoms with Gasteiger partial charge in [0.15, 0.2) is 0 Å². The van der Waals surface area contributed by atoms with Crippen LogP contribution in [0.2, 0.25) is 0 Å². The molecule has 0 heterocycles. The molecule has 0 spiro atoms. The molecule has 0 radical (unpaired) electrons. The van der Waals surface area contributed by atoms with Gasteiger partial charge in [-0.05, 0) is 24.5 Å². The molecule has 0 bridgehead atoms. The van der Waals surface area contributed by atoms with Gasteiger partial charge in [-0.3, -0.25) is 0 Å². The highest BCUT2D eigenvalue weighted by Crippen LogP contribution is 2.29. The summed E-state index contributed by atoms with van der Waals surface area (Å²) in [6.07, 6.45) is 7.69. The van der Waals surface area contributed by atoms with E-state index < -0.39 is 0 Å². The predicted molar refractivity (Wildman–Crippen MR) is 87.8 cm³/mol. The molecule has 0 aliphatic heterocycles. The van der Waals surface area contributed by atoms with Gasteiger partial charge in [-0.1, -0.05) is 32.1 Å². The first-order chi connectivity index (χ1) is 10.7. The third kappa shape index (κ3) is 4.83. The molecular weight excluding hydrogens is 280 g/mol. The molecule has 5 heteroatoms. The second kappa shape index (κ2) is 8.51. The highest BCUT2D eigenvalue weighted by atomic mass is 16.5. The average Bonchev–Trinajstić information content (AvgIpc) is 2.56. The number of anilines is 1. The maximum Gasteiger partial charge on any atom is 0.319 e. The van der Waals surface area contributed by atoms with Crippen LogP contribution in [0.15, 0.2) is 18.2 Å². The van der Waals surface area contributed by atoms with Gasteiger partial charge in [-0.2, -0.15) is 0 Å². The summed E-state index contributed by atoms with van der Waals surface area (Å²) in [6, 6.07) is 5.12. The summed E-state index contributed by atoms with van der Waals surface area (Å²) < 4.78 is 10.4. The van der Waals surface area contributed by atoms with Crippen LogP contribution in [0, 0.1) is 5.92 Å². The standard InChI is InChI=1S/C17H26N2O3/c1-21-14-8-9-15(16(12-14)22-2)19-17(20)18-11-10-13-6-4-3-5-7-13/h8-9,12-13H,3-7,10-11H2,1-2H3,(H2,18,19,20). The van der Waals surface area contributed by atoms with Crippen molar-refractivity contribution in [2.24, 2.45) is 5.92 Å². The molecule has 1 aliphatic carbocycles. The fourth-order valence-corrected chi connectivity index (χ4v) is 2.93. The first-order valence-corrected chi connectivity index (χ1v) is 8.00. The minimum atomic E-state index is -0.195. The van der Waals surface area contributed by atoms with Gasteiger partial charge in [0.05, 0.1) is 19.9 Å². The second-order valence-electron chi connectivity index (χ2n) is 5.74. The molecule has 2 N–H and O–H groups in total. The summed E-state index contributed by atoms with van der Waals surface area (Å²) in [5.74, 6) is 2.05. The largest absolute Gasteiger partial charge is 0.497 e. The summed E-state index contributed by atoms with van der Waals surface area (Å²) in [7, 11) is 3.17. The number of hydrogen-bond acceptors (Lipinski definition) is 3. The Hall–Kier alpha value is -1.91. The molecule has 0 aromatic heterocycles. The molecule has 5 nitrogen and oxygen atoms in total.